The van der Waals surface area contributed by atoms with Crippen LogP contribution in [-0.2, 0) is 14.3 Å². The monoisotopic (exact) mass is 448 g/mol. The Balaban J connectivity index is 1.80. The van der Waals surface area contributed by atoms with Crippen molar-refractivity contribution in [3.05, 3.63) is 64.7 Å². The van der Waals surface area contributed by atoms with Crippen LogP contribution >= 0.6 is 0 Å². The van der Waals surface area contributed by atoms with Gasteiger partial charge in [0.25, 0.3) is 0 Å². The molecule has 2 atom stereocenters. The molecule has 6 nitrogen and oxygen atoms in total. The molecule has 0 spiro atoms. The third kappa shape index (κ3) is 5.16. The zero-order valence-corrected chi connectivity index (χ0v) is 18.7. The van der Waals surface area contributed by atoms with Crippen LogP contribution in [0.3, 0.4) is 0 Å². The lowest BCUT2D eigenvalue weighted by molar-refractivity contribution is -0.135. The molecule has 6 heteroatoms. The quantitative estimate of drug-likeness (QED) is 0.469. The van der Waals surface area contributed by atoms with Gasteiger partial charge in [0.2, 0.25) is 0 Å². The number of phenols is 1. The molecule has 1 N–H and O–H groups in total. The molecular formula is C27H28O6. The van der Waals surface area contributed by atoms with Crippen LogP contribution in [0.5, 0.6) is 11.5 Å². The maximum atomic E-state index is 13.2. The first-order chi connectivity index (χ1) is 15.9. The lowest BCUT2D eigenvalue weighted by Gasteiger charge is -2.27. The molecule has 2 aromatic rings. The van der Waals surface area contributed by atoms with Crippen LogP contribution in [0.2, 0.25) is 0 Å². The minimum absolute atomic E-state index is 0.0681. The first kappa shape index (κ1) is 22.8. The van der Waals surface area contributed by atoms with Gasteiger partial charge in [0.1, 0.15) is 22.8 Å². The van der Waals surface area contributed by atoms with Gasteiger partial charge in [-0.25, -0.2) is 4.79 Å². The highest BCUT2D eigenvalue weighted by molar-refractivity contribution is 5.98. The minimum Gasteiger partial charge on any atom is -0.507 e. The summed E-state index contributed by atoms with van der Waals surface area (Å²) in [5, 5.41) is 11.3. The molecule has 2 aliphatic heterocycles. The Labute approximate surface area is 193 Å². The van der Waals surface area contributed by atoms with E-state index in [1.165, 1.54) is 0 Å². The molecule has 0 unspecified atom stereocenters. The lowest BCUT2D eigenvalue weighted by atomic mass is 9.83. The highest BCUT2D eigenvalue weighted by atomic mass is 16.5. The fraction of sp³-hybridized carbons (Fsp3) is 0.370. The second-order valence-corrected chi connectivity index (χ2v) is 8.68. The van der Waals surface area contributed by atoms with Crippen molar-refractivity contribution in [3.8, 4) is 11.5 Å². The van der Waals surface area contributed by atoms with Gasteiger partial charge >= 0.3 is 11.9 Å². The molecule has 0 radical (unpaired) electrons. The Morgan fingerprint density at radius 2 is 1.79 bits per heavy atom. The third-order valence-electron chi connectivity index (χ3n) is 6.18. The van der Waals surface area contributed by atoms with Gasteiger partial charge in [-0.3, -0.25) is 9.59 Å². The Kier molecular flexibility index (Phi) is 6.92. The molecule has 33 heavy (non-hydrogen) atoms. The van der Waals surface area contributed by atoms with E-state index in [-0.39, 0.29) is 29.3 Å². The van der Waals surface area contributed by atoms with Crippen LogP contribution < -0.4 is 4.74 Å². The van der Waals surface area contributed by atoms with Gasteiger partial charge in [0, 0.05) is 24.3 Å². The number of ether oxygens (including phenoxy) is 2. The van der Waals surface area contributed by atoms with Gasteiger partial charge in [-0.2, -0.15) is 0 Å². The van der Waals surface area contributed by atoms with Gasteiger partial charge in [0.15, 0.2) is 0 Å². The van der Waals surface area contributed by atoms with Crippen molar-refractivity contribution >= 4 is 23.8 Å². The maximum Gasteiger partial charge on any atom is 0.342 e. The van der Waals surface area contributed by atoms with Crippen molar-refractivity contribution in [1.82, 2.24) is 0 Å². The van der Waals surface area contributed by atoms with Crippen LogP contribution in [0.1, 0.15) is 84.8 Å². The molecule has 0 aliphatic carbocycles. The Bertz CT molecular complexity index is 1090. The number of phenolic OH excluding ortho intramolecular Hbond substituents is 1. The zero-order valence-electron chi connectivity index (χ0n) is 18.7. The number of esters is 2. The second kappa shape index (κ2) is 10.0. The van der Waals surface area contributed by atoms with Crippen LogP contribution in [0.25, 0.3) is 6.08 Å². The van der Waals surface area contributed by atoms with Crippen LogP contribution in [0, 0.1) is 0 Å². The standard InChI is InChI=1S/C27H28O6/c1-17-9-8-14-20(28)13-7-3-6-12-19-15-22-25(26(30)24(19)27(31)32-17)21(16-23(29)33-22)18-10-4-2-5-11-18/h2,4-6,10-12,15,17,21,30H,3,7-9,13-14,16H2,1H3/b12-6+/t17-,21+/m0/s1. The van der Waals surface area contributed by atoms with Gasteiger partial charge in [-0.15, -0.1) is 0 Å². The number of hydrogen-bond acceptors (Lipinski definition) is 6. The van der Waals surface area contributed by atoms with Crippen molar-refractivity contribution in [3.63, 3.8) is 0 Å². The SMILES string of the molecule is C[C@H]1CCCC(=O)CCC/C=C/c2cc3c(c(O)c2C(=O)O1)[C@@H](c1ccccc1)CC(=O)O3. The number of hydrogen-bond donors (Lipinski definition) is 1. The van der Waals surface area contributed by atoms with Crippen LogP contribution in [0.4, 0.5) is 0 Å². The maximum absolute atomic E-state index is 13.2. The fourth-order valence-corrected chi connectivity index (χ4v) is 4.49. The average molecular weight is 449 g/mol. The summed E-state index contributed by atoms with van der Waals surface area (Å²) >= 11 is 0. The third-order valence-corrected chi connectivity index (χ3v) is 6.18. The molecule has 4 rings (SSSR count). The predicted octanol–water partition coefficient (Wildman–Crippen LogP) is 5.32. The summed E-state index contributed by atoms with van der Waals surface area (Å²) in [5.41, 5.74) is 1.77. The smallest absolute Gasteiger partial charge is 0.342 e. The van der Waals surface area contributed by atoms with E-state index in [9.17, 15) is 19.5 Å². The van der Waals surface area contributed by atoms with E-state index in [1.54, 1.807) is 19.1 Å². The van der Waals surface area contributed by atoms with E-state index in [0.29, 0.717) is 49.7 Å². The van der Waals surface area contributed by atoms with Crippen molar-refractivity contribution in [1.29, 1.82) is 0 Å². The first-order valence-electron chi connectivity index (χ1n) is 11.5. The van der Waals surface area contributed by atoms with Crippen molar-refractivity contribution < 1.29 is 29.0 Å². The molecule has 0 amide bonds. The number of Topliss-reactive ketones (excluding diaryl/α,β-unsaturated/α-hetero) is 1. The molecule has 2 heterocycles. The molecule has 0 saturated carbocycles. The van der Waals surface area contributed by atoms with Crippen LogP contribution in [-0.4, -0.2) is 28.9 Å². The summed E-state index contributed by atoms with van der Waals surface area (Å²) in [6, 6.07) is 11.0. The summed E-state index contributed by atoms with van der Waals surface area (Å²) in [6.45, 7) is 1.79. The highest BCUT2D eigenvalue weighted by Gasteiger charge is 2.35. The number of cyclic esters (lactones) is 1. The molecule has 0 aromatic heterocycles. The van der Waals surface area contributed by atoms with E-state index in [0.717, 1.165) is 5.56 Å². The van der Waals surface area contributed by atoms with Crippen molar-refractivity contribution in [2.45, 2.75) is 63.9 Å². The topological polar surface area (TPSA) is 89.9 Å². The Morgan fingerprint density at radius 3 is 2.58 bits per heavy atom. The Hall–Kier alpha value is -3.41. The molecular weight excluding hydrogens is 420 g/mol. The van der Waals surface area contributed by atoms with E-state index < -0.39 is 24.0 Å². The highest BCUT2D eigenvalue weighted by Crippen LogP contribution is 2.47. The summed E-state index contributed by atoms with van der Waals surface area (Å²) in [5.74, 6) is -1.21. The van der Waals surface area contributed by atoms with Gasteiger partial charge in [0.05, 0.1) is 12.5 Å². The van der Waals surface area contributed by atoms with Crippen molar-refractivity contribution in [2.75, 3.05) is 0 Å². The number of rotatable bonds is 1. The molecule has 2 aromatic carbocycles. The summed E-state index contributed by atoms with van der Waals surface area (Å²) in [6.07, 6.45) is 6.82. The Morgan fingerprint density at radius 1 is 1.03 bits per heavy atom. The zero-order chi connectivity index (χ0) is 23.4. The fourth-order valence-electron chi connectivity index (χ4n) is 4.49. The number of carbonyl (C=O) groups excluding carboxylic acids is 3. The minimum atomic E-state index is -0.630. The normalized spacial score (nSPS) is 22.9. The number of ketones is 1. The van der Waals surface area contributed by atoms with E-state index in [4.69, 9.17) is 9.47 Å². The second-order valence-electron chi connectivity index (χ2n) is 8.68. The van der Waals surface area contributed by atoms with E-state index in [2.05, 4.69) is 0 Å². The molecule has 0 fully saturated rings. The van der Waals surface area contributed by atoms with E-state index >= 15 is 0 Å². The number of carbonyl (C=O) groups is 3. The number of allylic oxidation sites excluding steroid dienone is 1. The number of fused-ring (bicyclic) bond motifs is 2. The largest absolute Gasteiger partial charge is 0.507 e. The molecule has 0 bridgehead atoms. The van der Waals surface area contributed by atoms with Gasteiger partial charge in [-0.1, -0.05) is 42.5 Å². The molecule has 0 saturated heterocycles. The molecule has 172 valence electrons. The summed E-state index contributed by atoms with van der Waals surface area (Å²) in [7, 11) is 0. The number of benzene rings is 2. The van der Waals surface area contributed by atoms with Gasteiger partial charge < -0.3 is 14.6 Å². The summed E-state index contributed by atoms with van der Waals surface area (Å²) in [4.78, 5) is 37.5. The van der Waals surface area contributed by atoms with Crippen LogP contribution in [0.15, 0.2) is 42.5 Å². The van der Waals surface area contributed by atoms with E-state index in [1.807, 2.05) is 36.4 Å². The predicted molar refractivity (Wildman–Crippen MR) is 123 cm³/mol. The summed E-state index contributed by atoms with van der Waals surface area (Å²) < 4.78 is 11.1. The van der Waals surface area contributed by atoms with Gasteiger partial charge in [-0.05, 0) is 49.8 Å². The lowest BCUT2D eigenvalue weighted by Crippen LogP contribution is -2.23. The number of aromatic hydroxyl groups is 1. The van der Waals surface area contributed by atoms with Crippen molar-refractivity contribution in [2.24, 2.45) is 0 Å². The molecule has 2 aliphatic rings. The first-order valence-corrected chi connectivity index (χ1v) is 11.5. The average Bonchev–Trinajstić information content (AvgIpc) is 2.78.